The van der Waals surface area contributed by atoms with Gasteiger partial charge in [-0.25, -0.2) is 0 Å². The molecule has 0 aromatic heterocycles. The fourth-order valence-electron chi connectivity index (χ4n) is 14.0. The van der Waals surface area contributed by atoms with Crippen molar-refractivity contribution in [1.82, 2.24) is 0 Å². The fraction of sp³-hybridized carbons (Fsp3) is 0.464. The molecule has 1 heteroatoms. The molecule has 1 nitrogen and oxygen atoms in total. The van der Waals surface area contributed by atoms with Crippen molar-refractivity contribution >= 4 is 17.1 Å². The molecule has 0 aliphatic heterocycles. The molecule has 4 bridgehead atoms. The summed E-state index contributed by atoms with van der Waals surface area (Å²) in [5.74, 6) is 3.24. The SMILES string of the molecule is CC1(C)CCC(C)(C)c2cc(N(c3ccc4c(c3)C(C)(C)CCC4(C)C)c3ccc4c(c3)C3(c5cc(-c6ccccc6)ccc5-4)C4CC5CC(C4)CC3C5)ccc21. The van der Waals surface area contributed by atoms with Gasteiger partial charge in [-0.2, -0.15) is 0 Å². The van der Waals surface area contributed by atoms with Crippen LogP contribution in [-0.2, 0) is 27.1 Å². The Bertz CT molecular complexity index is 2330. The summed E-state index contributed by atoms with van der Waals surface area (Å²) in [5, 5.41) is 0. The van der Waals surface area contributed by atoms with Crippen molar-refractivity contribution in [2.45, 2.75) is 140 Å². The molecule has 7 aliphatic carbocycles. The Morgan fingerprint density at radius 1 is 0.386 bits per heavy atom. The molecular formula is C56H63N. The number of hydrogen-bond acceptors (Lipinski definition) is 1. The Kier molecular flexibility index (Phi) is 7.58. The van der Waals surface area contributed by atoms with E-state index in [0.29, 0.717) is 11.8 Å². The van der Waals surface area contributed by atoms with Gasteiger partial charge in [-0.3, -0.25) is 0 Å². The van der Waals surface area contributed by atoms with E-state index in [2.05, 4.69) is 163 Å². The van der Waals surface area contributed by atoms with Crippen LogP contribution < -0.4 is 4.90 Å². The molecule has 4 fully saturated rings. The van der Waals surface area contributed by atoms with Crippen molar-refractivity contribution in [2.24, 2.45) is 23.7 Å². The molecule has 57 heavy (non-hydrogen) atoms. The van der Waals surface area contributed by atoms with E-state index in [1.54, 1.807) is 11.1 Å². The maximum Gasteiger partial charge on any atom is 0.0465 e. The van der Waals surface area contributed by atoms with Gasteiger partial charge in [-0.15, -0.1) is 0 Å². The monoisotopic (exact) mass is 749 g/mol. The summed E-state index contributed by atoms with van der Waals surface area (Å²) in [7, 11) is 0. The molecule has 7 aliphatic rings. The Morgan fingerprint density at radius 2 is 0.807 bits per heavy atom. The van der Waals surface area contributed by atoms with Gasteiger partial charge in [-0.1, -0.05) is 116 Å². The molecule has 1 spiro atoms. The normalized spacial score (nSPS) is 28.7. The van der Waals surface area contributed by atoms with Crippen molar-refractivity contribution in [3.05, 3.63) is 137 Å². The number of nitrogens with zero attached hydrogens (tertiary/aromatic N) is 1. The standard InChI is InChI=1S/C56H63N/c1-52(2)22-24-54(5,6)50-33-42(16-20-46(50)52)57(43-17-21-47-51(34-43)55(7,8)25-23-53(47,3)4)41-15-19-45-44-18-14-38(37-12-10-9-11-13-37)31-48(44)56(49(45)32-41)39-27-35-26-36(29-39)30-40(56)28-35/h9-21,31-36,39-40H,22-30H2,1-8H3. The molecule has 5 aromatic carbocycles. The number of rotatable bonds is 4. The van der Waals surface area contributed by atoms with E-state index in [-0.39, 0.29) is 27.1 Å². The average Bonchev–Trinajstić information content (AvgIpc) is 3.47. The predicted octanol–water partition coefficient (Wildman–Crippen LogP) is 15.2. The third kappa shape index (κ3) is 5.18. The molecule has 0 saturated heterocycles. The van der Waals surface area contributed by atoms with Crippen LogP contribution in [0.15, 0.2) is 103 Å². The molecule has 5 aromatic rings. The van der Waals surface area contributed by atoms with Gasteiger partial charge >= 0.3 is 0 Å². The van der Waals surface area contributed by atoms with Crippen molar-refractivity contribution in [3.8, 4) is 22.3 Å². The van der Waals surface area contributed by atoms with E-state index < -0.39 is 0 Å². The van der Waals surface area contributed by atoms with Gasteiger partial charge in [0.2, 0.25) is 0 Å². The van der Waals surface area contributed by atoms with Crippen molar-refractivity contribution < 1.29 is 0 Å². The zero-order chi connectivity index (χ0) is 39.3. The van der Waals surface area contributed by atoms with Crippen LogP contribution >= 0.6 is 0 Å². The molecule has 0 radical (unpaired) electrons. The van der Waals surface area contributed by atoms with Crippen LogP contribution in [-0.4, -0.2) is 0 Å². The minimum Gasteiger partial charge on any atom is -0.310 e. The highest BCUT2D eigenvalue weighted by Gasteiger charge is 2.61. The van der Waals surface area contributed by atoms with Crippen LogP contribution in [0.4, 0.5) is 17.1 Å². The summed E-state index contributed by atoms with van der Waals surface area (Å²) in [6, 6.07) is 41.5. The van der Waals surface area contributed by atoms with Crippen molar-refractivity contribution in [3.63, 3.8) is 0 Å². The molecular weight excluding hydrogens is 687 g/mol. The second kappa shape index (κ2) is 12.0. The highest BCUT2D eigenvalue weighted by Crippen LogP contribution is 2.70. The van der Waals surface area contributed by atoms with Gasteiger partial charge in [0.1, 0.15) is 0 Å². The Labute approximate surface area is 343 Å². The van der Waals surface area contributed by atoms with Gasteiger partial charge in [0.15, 0.2) is 0 Å². The fourth-order valence-corrected chi connectivity index (χ4v) is 14.0. The molecule has 0 amide bonds. The molecule has 0 unspecified atom stereocenters. The van der Waals surface area contributed by atoms with Gasteiger partial charge in [0.05, 0.1) is 0 Å². The van der Waals surface area contributed by atoms with Crippen LogP contribution in [0.2, 0.25) is 0 Å². The third-order valence-electron chi connectivity index (χ3n) is 17.2. The van der Waals surface area contributed by atoms with Crippen LogP contribution in [0, 0.1) is 23.7 Å². The first-order chi connectivity index (χ1) is 27.2. The van der Waals surface area contributed by atoms with Crippen molar-refractivity contribution in [1.29, 1.82) is 0 Å². The van der Waals surface area contributed by atoms with Gasteiger partial charge in [-0.05, 0) is 201 Å². The van der Waals surface area contributed by atoms with Gasteiger partial charge in [0.25, 0.3) is 0 Å². The Hall–Kier alpha value is -4.10. The molecule has 0 N–H and O–H groups in total. The van der Waals surface area contributed by atoms with E-state index in [0.717, 1.165) is 11.8 Å². The lowest BCUT2D eigenvalue weighted by Gasteiger charge is -2.61. The summed E-state index contributed by atoms with van der Waals surface area (Å²) >= 11 is 0. The number of hydrogen-bond donors (Lipinski definition) is 0. The second-order valence-corrected chi connectivity index (χ2v) is 22.4. The van der Waals surface area contributed by atoms with Crippen LogP contribution in [0.1, 0.15) is 147 Å². The summed E-state index contributed by atoms with van der Waals surface area (Å²) < 4.78 is 0. The topological polar surface area (TPSA) is 3.24 Å². The van der Waals surface area contributed by atoms with Crippen LogP contribution in [0.25, 0.3) is 22.3 Å². The van der Waals surface area contributed by atoms with Gasteiger partial charge < -0.3 is 4.90 Å². The zero-order valence-electron chi connectivity index (χ0n) is 35.9. The first kappa shape index (κ1) is 36.0. The van der Waals surface area contributed by atoms with Gasteiger partial charge in [0, 0.05) is 22.5 Å². The predicted molar refractivity (Wildman–Crippen MR) is 240 cm³/mol. The quantitative estimate of drug-likeness (QED) is 0.177. The van der Waals surface area contributed by atoms with E-state index >= 15 is 0 Å². The first-order valence-corrected chi connectivity index (χ1v) is 22.6. The highest BCUT2D eigenvalue weighted by atomic mass is 15.1. The van der Waals surface area contributed by atoms with E-state index in [4.69, 9.17) is 0 Å². The lowest BCUT2D eigenvalue weighted by molar-refractivity contribution is -0.0399. The Balaban J connectivity index is 1.14. The first-order valence-electron chi connectivity index (χ1n) is 22.6. The zero-order valence-corrected chi connectivity index (χ0v) is 35.9. The molecule has 0 heterocycles. The maximum atomic E-state index is 2.71. The third-order valence-corrected chi connectivity index (χ3v) is 17.2. The largest absolute Gasteiger partial charge is 0.310 e. The van der Waals surface area contributed by atoms with E-state index in [9.17, 15) is 0 Å². The van der Waals surface area contributed by atoms with E-state index in [1.165, 1.54) is 119 Å². The maximum absolute atomic E-state index is 2.71. The lowest BCUT2D eigenvalue weighted by Crippen LogP contribution is -2.55. The minimum atomic E-state index is 0.0777. The van der Waals surface area contributed by atoms with Crippen molar-refractivity contribution in [2.75, 3.05) is 4.90 Å². The summed E-state index contributed by atoms with van der Waals surface area (Å²) in [6.07, 6.45) is 11.9. The molecule has 12 rings (SSSR count). The second-order valence-electron chi connectivity index (χ2n) is 22.4. The summed E-state index contributed by atoms with van der Waals surface area (Å²) in [6.45, 7) is 19.7. The summed E-state index contributed by atoms with van der Waals surface area (Å²) in [4.78, 5) is 2.67. The Morgan fingerprint density at radius 3 is 1.32 bits per heavy atom. The molecule has 0 atom stereocenters. The van der Waals surface area contributed by atoms with Crippen LogP contribution in [0.5, 0.6) is 0 Å². The average molecular weight is 750 g/mol. The smallest absolute Gasteiger partial charge is 0.0465 e. The molecule has 292 valence electrons. The highest BCUT2D eigenvalue weighted by molar-refractivity contribution is 5.88. The summed E-state index contributed by atoms with van der Waals surface area (Å²) in [5.41, 5.74) is 19.7. The number of benzene rings is 5. The van der Waals surface area contributed by atoms with Crippen LogP contribution in [0.3, 0.4) is 0 Å². The lowest BCUT2D eigenvalue weighted by atomic mass is 9.43. The number of anilines is 3. The number of fused-ring (bicyclic) bond motifs is 5. The minimum absolute atomic E-state index is 0.0777. The van der Waals surface area contributed by atoms with E-state index in [1.807, 2.05) is 0 Å². The molecule has 4 saturated carbocycles.